The fourth-order valence-electron chi connectivity index (χ4n) is 3.74. The molecule has 4 aromatic rings. The van der Waals surface area contributed by atoms with E-state index in [2.05, 4.69) is 10.0 Å². The van der Waals surface area contributed by atoms with Crippen molar-refractivity contribution < 1.29 is 26.4 Å². The van der Waals surface area contributed by atoms with Crippen molar-refractivity contribution in [2.75, 3.05) is 28.0 Å². The lowest BCUT2D eigenvalue weighted by atomic mass is 10.2. The number of hydrogen-bond donors (Lipinski definition) is 2. The monoisotopic (exact) mass is 633 g/mol. The summed E-state index contributed by atoms with van der Waals surface area (Å²) < 4.78 is 61.2. The van der Waals surface area contributed by atoms with E-state index in [0.29, 0.717) is 11.4 Å². The predicted octanol–water partition coefficient (Wildman–Crippen LogP) is 5.95. The second-order valence-electron chi connectivity index (χ2n) is 8.83. The van der Waals surface area contributed by atoms with Gasteiger partial charge in [-0.3, -0.25) is 13.8 Å². The highest BCUT2D eigenvalue weighted by atomic mass is 35.5. The van der Waals surface area contributed by atoms with Crippen LogP contribution in [0.3, 0.4) is 0 Å². The number of aryl methyl sites for hydroxylation is 1. The molecule has 4 rings (SSSR count). The highest BCUT2D eigenvalue weighted by Crippen LogP contribution is 2.33. The van der Waals surface area contributed by atoms with Gasteiger partial charge in [-0.05, 0) is 85.8 Å². The number of carbonyl (C=O) groups excluding carboxylic acids is 1. The SMILES string of the molecule is COc1ccc(NS(=O)(=O)c2ccc(NC(=O)CN(c3cc(Cl)ccc3Cl)S(=O)(=O)c3ccc(C)cc3)cc2)cc1. The lowest BCUT2D eigenvalue weighted by molar-refractivity contribution is -0.114. The van der Waals surface area contributed by atoms with Gasteiger partial charge in [-0.1, -0.05) is 40.9 Å². The lowest BCUT2D eigenvalue weighted by Crippen LogP contribution is -2.38. The van der Waals surface area contributed by atoms with Crippen molar-refractivity contribution in [1.29, 1.82) is 0 Å². The Bertz CT molecular complexity index is 1760. The van der Waals surface area contributed by atoms with Crippen LogP contribution in [0.1, 0.15) is 5.56 Å². The van der Waals surface area contributed by atoms with E-state index in [4.69, 9.17) is 27.9 Å². The third-order valence-corrected chi connectivity index (χ3v) is 9.59. The van der Waals surface area contributed by atoms with Gasteiger partial charge in [0.05, 0.1) is 27.6 Å². The van der Waals surface area contributed by atoms with Gasteiger partial charge >= 0.3 is 0 Å². The maximum atomic E-state index is 13.6. The Balaban J connectivity index is 1.54. The summed E-state index contributed by atoms with van der Waals surface area (Å²) >= 11 is 12.4. The van der Waals surface area contributed by atoms with E-state index in [1.54, 1.807) is 36.4 Å². The summed E-state index contributed by atoms with van der Waals surface area (Å²) in [6.07, 6.45) is 0. The molecule has 0 fully saturated rings. The van der Waals surface area contributed by atoms with Crippen molar-refractivity contribution in [2.45, 2.75) is 16.7 Å². The normalized spacial score (nSPS) is 11.5. The van der Waals surface area contributed by atoms with Crippen molar-refractivity contribution in [2.24, 2.45) is 0 Å². The molecular formula is C28H25Cl2N3O6S2. The van der Waals surface area contributed by atoms with Crippen LogP contribution in [0.5, 0.6) is 5.75 Å². The number of sulfonamides is 2. The van der Waals surface area contributed by atoms with Gasteiger partial charge in [0, 0.05) is 16.4 Å². The number of halogens is 2. The minimum atomic E-state index is -4.22. The number of ether oxygens (including phenoxy) is 1. The topological polar surface area (TPSA) is 122 Å². The van der Waals surface area contributed by atoms with E-state index < -0.39 is 32.5 Å². The zero-order valence-corrected chi connectivity index (χ0v) is 25.0. The maximum absolute atomic E-state index is 13.6. The molecule has 0 saturated heterocycles. The summed E-state index contributed by atoms with van der Waals surface area (Å²) in [6.45, 7) is 1.19. The summed E-state index contributed by atoms with van der Waals surface area (Å²) in [4.78, 5) is 13.0. The summed E-state index contributed by atoms with van der Waals surface area (Å²) in [5, 5.41) is 2.91. The zero-order valence-electron chi connectivity index (χ0n) is 21.8. The van der Waals surface area contributed by atoms with Gasteiger partial charge in [-0.25, -0.2) is 16.8 Å². The van der Waals surface area contributed by atoms with Crippen molar-refractivity contribution >= 4 is 66.2 Å². The fourth-order valence-corrected chi connectivity index (χ4v) is 6.66. The zero-order chi connectivity index (χ0) is 29.8. The molecular weight excluding hydrogens is 609 g/mol. The molecule has 214 valence electrons. The lowest BCUT2D eigenvalue weighted by Gasteiger charge is -2.25. The molecule has 0 spiro atoms. The average Bonchev–Trinajstić information content (AvgIpc) is 2.94. The second kappa shape index (κ2) is 12.4. The van der Waals surface area contributed by atoms with Gasteiger partial charge in [-0.15, -0.1) is 0 Å². The largest absolute Gasteiger partial charge is 0.497 e. The number of nitrogens with one attached hydrogen (secondary N) is 2. The molecule has 0 aliphatic heterocycles. The van der Waals surface area contributed by atoms with Crippen LogP contribution in [-0.4, -0.2) is 36.4 Å². The van der Waals surface area contributed by atoms with Gasteiger partial charge in [-0.2, -0.15) is 0 Å². The van der Waals surface area contributed by atoms with E-state index >= 15 is 0 Å². The molecule has 0 aliphatic rings. The maximum Gasteiger partial charge on any atom is 0.264 e. The molecule has 2 N–H and O–H groups in total. The molecule has 0 aromatic heterocycles. The Labute approximate surface area is 248 Å². The molecule has 1 amide bonds. The minimum Gasteiger partial charge on any atom is -0.497 e. The fraction of sp³-hybridized carbons (Fsp3) is 0.107. The highest BCUT2D eigenvalue weighted by molar-refractivity contribution is 7.93. The Morgan fingerprint density at radius 1 is 0.805 bits per heavy atom. The Morgan fingerprint density at radius 2 is 1.39 bits per heavy atom. The number of amides is 1. The van der Waals surface area contributed by atoms with E-state index in [9.17, 15) is 21.6 Å². The molecule has 41 heavy (non-hydrogen) atoms. The molecule has 4 aromatic carbocycles. The standard InChI is InChI=1S/C28H25Cl2N3O6S2/c1-19-3-12-25(13-4-19)41(37,38)33(27-17-20(29)5-16-26(27)30)18-28(34)31-21-8-14-24(15-9-21)40(35,36)32-22-6-10-23(39-2)11-7-22/h3-17,32H,18H2,1-2H3,(H,31,34). The number of methoxy groups -OCH3 is 1. The smallest absolute Gasteiger partial charge is 0.264 e. The quantitative estimate of drug-likeness (QED) is 0.223. The van der Waals surface area contributed by atoms with E-state index in [0.717, 1.165) is 9.87 Å². The molecule has 0 radical (unpaired) electrons. The summed E-state index contributed by atoms with van der Waals surface area (Å²) in [5.74, 6) is -0.111. The molecule has 9 nitrogen and oxygen atoms in total. The Hall–Kier alpha value is -3.77. The van der Waals surface area contributed by atoms with Crippen LogP contribution in [0.25, 0.3) is 0 Å². The van der Waals surface area contributed by atoms with Gasteiger partial charge in [0.1, 0.15) is 12.3 Å². The van der Waals surface area contributed by atoms with Crippen molar-refractivity contribution in [3.8, 4) is 5.75 Å². The number of benzene rings is 4. The van der Waals surface area contributed by atoms with Gasteiger partial charge in [0.25, 0.3) is 20.0 Å². The highest BCUT2D eigenvalue weighted by Gasteiger charge is 2.29. The van der Waals surface area contributed by atoms with Gasteiger partial charge in [0.15, 0.2) is 0 Å². The summed E-state index contributed by atoms with van der Waals surface area (Å²) in [7, 11) is -6.63. The van der Waals surface area contributed by atoms with E-state index in [-0.39, 0.29) is 31.2 Å². The third kappa shape index (κ3) is 7.31. The molecule has 0 heterocycles. The Morgan fingerprint density at radius 3 is 2.00 bits per heavy atom. The van der Waals surface area contributed by atoms with Crippen LogP contribution in [0.4, 0.5) is 17.1 Å². The first-order chi connectivity index (χ1) is 19.4. The molecule has 0 unspecified atom stereocenters. The average molecular weight is 635 g/mol. The minimum absolute atomic E-state index is 0.0286. The second-order valence-corrected chi connectivity index (χ2v) is 13.2. The van der Waals surface area contributed by atoms with Crippen LogP contribution in [0.15, 0.2) is 101 Å². The first-order valence-corrected chi connectivity index (χ1v) is 15.7. The van der Waals surface area contributed by atoms with Crippen LogP contribution in [0.2, 0.25) is 10.0 Å². The molecule has 0 saturated carbocycles. The van der Waals surface area contributed by atoms with Crippen LogP contribution >= 0.6 is 23.2 Å². The number of hydrogen-bond acceptors (Lipinski definition) is 6. The van der Waals surface area contributed by atoms with Crippen LogP contribution in [-0.2, 0) is 24.8 Å². The summed E-state index contributed by atoms with van der Waals surface area (Å²) in [6, 6.07) is 22.2. The number of rotatable bonds is 10. The number of carbonyl (C=O) groups is 1. The van der Waals surface area contributed by atoms with E-state index in [1.807, 2.05) is 6.92 Å². The molecule has 0 atom stereocenters. The van der Waals surface area contributed by atoms with Crippen LogP contribution < -0.4 is 19.1 Å². The number of nitrogens with zero attached hydrogens (tertiary/aromatic N) is 1. The van der Waals surface area contributed by atoms with Crippen molar-refractivity contribution in [1.82, 2.24) is 0 Å². The third-order valence-electron chi connectivity index (χ3n) is 5.86. The molecule has 0 bridgehead atoms. The van der Waals surface area contributed by atoms with Crippen molar-refractivity contribution in [3.05, 3.63) is 107 Å². The summed E-state index contributed by atoms with van der Waals surface area (Å²) in [5.41, 5.74) is 1.49. The first-order valence-electron chi connectivity index (χ1n) is 12.0. The van der Waals surface area contributed by atoms with Gasteiger partial charge < -0.3 is 10.1 Å². The molecule has 13 heteroatoms. The van der Waals surface area contributed by atoms with Gasteiger partial charge in [0.2, 0.25) is 5.91 Å². The van der Waals surface area contributed by atoms with Crippen LogP contribution in [0, 0.1) is 6.92 Å². The number of anilines is 3. The first kappa shape index (κ1) is 30.2. The molecule has 0 aliphatic carbocycles. The van der Waals surface area contributed by atoms with Crippen molar-refractivity contribution in [3.63, 3.8) is 0 Å². The predicted molar refractivity (Wildman–Crippen MR) is 161 cm³/mol. The van der Waals surface area contributed by atoms with E-state index in [1.165, 1.54) is 61.7 Å². The Kier molecular flexibility index (Phi) is 9.13.